The molecule has 0 fully saturated rings. The van der Waals surface area contributed by atoms with Crippen LogP contribution in [0.2, 0.25) is 0 Å². The zero-order valence-electron chi connectivity index (χ0n) is 24.3. The maximum Gasteiger partial charge on any atom is 0.311 e. The molecule has 2 heterocycles. The van der Waals surface area contributed by atoms with Crippen molar-refractivity contribution < 1.29 is 23.9 Å². The van der Waals surface area contributed by atoms with Crippen LogP contribution in [-0.4, -0.2) is 42.2 Å². The van der Waals surface area contributed by atoms with Gasteiger partial charge >= 0.3 is 5.97 Å². The SMILES string of the molecule is Cc1cc2c(cc1C)N[C@H](c1ccc([N+](=O)[O-])cc1)C1=C[C@@H](OCCC(C)C)O[C@H](COC(=O)C(C)(C)C)C1=N2. The number of carbonyl (C=O) groups excluding carboxylic acids is 1. The van der Waals surface area contributed by atoms with Gasteiger partial charge in [0, 0.05) is 17.7 Å². The fraction of sp³-hybridized carbons (Fsp3) is 0.484. The number of rotatable bonds is 8. The molecule has 0 saturated carbocycles. The lowest BCUT2D eigenvalue weighted by Crippen LogP contribution is -2.42. The number of nitrogens with zero attached hydrogens (tertiary/aromatic N) is 2. The molecule has 9 heteroatoms. The van der Waals surface area contributed by atoms with E-state index in [2.05, 4.69) is 25.2 Å². The van der Waals surface area contributed by atoms with Crippen molar-refractivity contribution in [2.24, 2.45) is 16.3 Å². The first-order valence-corrected chi connectivity index (χ1v) is 13.7. The van der Waals surface area contributed by atoms with Gasteiger partial charge in [-0.25, -0.2) is 4.99 Å². The lowest BCUT2D eigenvalue weighted by Gasteiger charge is -2.33. The number of anilines is 1. The number of hydrogen-bond acceptors (Lipinski definition) is 8. The minimum atomic E-state index is -0.682. The van der Waals surface area contributed by atoms with E-state index in [4.69, 9.17) is 19.2 Å². The number of esters is 1. The molecule has 0 unspecified atom stereocenters. The molecule has 1 N–H and O–H groups in total. The Hall–Kier alpha value is -3.56. The first-order chi connectivity index (χ1) is 18.8. The van der Waals surface area contributed by atoms with E-state index in [1.54, 1.807) is 32.9 Å². The Balaban J connectivity index is 1.81. The Bertz CT molecular complexity index is 1320. The normalized spacial score (nSPS) is 20.4. The summed E-state index contributed by atoms with van der Waals surface area (Å²) in [6, 6.07) is 10.2. The number of aliphatic imine (C=N–C) groups is 1. The summed E-state index contributed by atoms with van der Waals surface area (Å²) in [6.45, 7) is 14.2. The van der Waals surface area contributed by atoms with Crippen molar-refractivity contribution in [2.75, 3.05) is 18.5 Å². The molecular formula is C31H39N3O6. The molecule has 9 nitrogen and oxygen atoms in total. The van der Waals surface area contributed by atoms with E-state index < -0.39 is 28.8 Å². The largest absolute Gasteiger partial charge is 0.462 e. The summed E-state index contributed by atoms with van der Waals surface area (Å²) in [5.41, 5.74) is 5.38. The lowest BCUT2D eigenvalue weighted by atomic mass is 9.90. The minimum Gasteiger partial charge on any atom is -0.462 e. The van der Waals surface area contributed by atoms with Gasteiger partial charge in [0.2, 0.25) is 0 Å². The van der Waals surface area contributed by atoms with Gasteiger partial charge in [-0.15, -0.1) is 0 Å². The van der Waals surface area contributed by atoms with E-state index in [0.29, 0.717) is 18.2 Å². The van der Waals surface area contributed by atoms with Gasteiger partial charge in [0.05, 0.1) is 40.1 Å². The van der Waals surface area contributed by atoms with Gasteiger partial charge in [0.15, 0.2) is 6.29 Å². The van der Waals surface area contributed by atoms with Crippen LogP contribution in [0.15, 0.2) is 53.0 Å². The Morgan fingerprint density at radius 2 is 1.82 bits per heavy atom. The summed E-state index contributed by atoms with van der Waals surface area (Å²) < 4.78 is 18.2. The van der Waals surface area contributed by atoms with E-state index in [9.17, 15) is 14.9 Å². The quantitative estimate of drug-likeness (QED) is 0.220. The van der Waals surface area contributed by atoms with Crippen LogP contribution < -0.4 is 5.32 Å². The van der Waals surface area contributed by atoms with E-state index in [1.165, 1.54) is 12.1 Å². The molecule has 0 bridgehead atoms. The second kappa shape index (κ2) is 11.9. The minimum absolute atomic E-state index is 0.0148. The van der Waals surface area contributed by atoms with Crippen LogP contribution in [0.5, 0.6) is 0 Å². The first kappa shape index (κ1) is 29.4. The number of nitro benzene ring substituents is 1. The van der Waals surface area contributed by atoms with E-state index in [1.807, 2.05) is 26.0 Å². The molecule has 2 aliphatic heterocycles. The zero-order chi connectivity index (χ0) is 29.2. The number of non-ortho nitro benzene ring substituents is 1. The average Bonchev–Trinajstić information content (AvgIpc) is 3.03. The van der Waals surface area contributed by atoms with Crippen LogP contribution in [0, 0.1) is 35.3 Å². The third-order valence-corrected chi connectivity index (χ3v) is 7.07. The fourth-order valence-corrected chi connectivity index (χ4v) is 4.48. The fourth-order valence-electron chi connectivity index (χ4n) is 4.48. The average molecular weight is 550 g/mol. The van der Waals surface area contributed by atoms with E-state index in [-0.39, 0.29) is 18.3 Å². The summed E-state index contributed by atoms with van der Waals surface area (Å²) in [4.78, 5) is 28.6. The second-order valence-corrected chi connectivity index (χ2v) is 11.9. The lowest BCUT2D eigenvalue weighted by molar-refractivity contribution is -0.384. The van der Waals surface area contributed by atoms with Crippen molar-refractivity contribution in [1.29, 1.82) is 0 Å². The van der Waals surface area contributed by atoms with Crippen molar-refractivity contribution in [3.63, 3.8) is 0 Å². The Kier molecular flexibility index (Phi) is 8.75. The predicted octanol–water partition coefficient (Wildman–Crippen LogP) is 6.75. The van der Waals surface area contributed by atoms with Gasteiger partial charge in [0.25, 0.3) is 5.69 Å². The number of carbonyl (C=O) groups is 1. The third-order valence-electron chi connectivity index (χ3n) is 7.07. The highest BCUT2D eigenvalue weighted by Gasteiger charge is 2.38. The molecule has 0 saturated heterocycles. The van der Waals surface area contributed by atoms with Gasteiger partial charge in [0.1, 0.15) is 12.7 Å². The van der Waals surface area contributed by atoms with Gasteiger partial charge in [-0.05, 0) is 94.0 Å². The van der Waals surface area contributed by atoms with Crippen LogP contribution in [0.4, 0.5) is 17.1 Å². The van der Waals surface area contributed by atoms with Crippen LogP contribution in [0.25, 0.3) is 0 Å². The Morgan fingerprint density at radius 3 is 2.45 bits per heavy atom. The van der Waals surface area contributed by atoms with Gasteiger partial charge in [-0.2, -0.15) is 0 Å². The molecule has 0 aliphatic carbocycles. The summed E-state index contributed by atoms with van der Waals surface area (Å²) in [6.07, 6.45) is 1.41. The topological polar surface area (TPSA) is 112 Å². The molecular weight excluding hydrogens is 510 g/mol. The Morgan fingerprint density at radius 1 is 1.15 bits per heavy atom. The number of nitro groups is 1. The summed E-state index contributed by atoms with van der Waals surface area (Å²) in [5.74, 6) is 0.126. The molecule has 214 valence electrons. The second-order valence-electron chi connectivity index (χ2n) is 11.9. The highest BCUT2D eigenvalue weighted by Crippen LogP contribution is 2.41. The maximum atomic E-state index is 12.7. The van der Waals surface area contributed by atoms with E-state index >= 15 is 0 Å². The van der Waals surface area contributed by atoms with E-state index in [0.717, 1.165) is 40.1 Å². The maximum absolute atomic E-state index is 12.7. The van der Waals surface area contributed by atoms with Crippen molar-refractivity contribution in [2.45, 2.75) is 73.3 Å². The number of ether oxygens (including phenoxy) is 3. The zero-order valence-corrected chi connectivity index (χ0v) is 24.3. The molecule has 2 aromatic carbocycles. The number of aryl methyl sites for hydroxylation is 2. The highest BCUT2D eigenvalue weighted by atomic mass is 16.7. The van der Waals surface area contributed by atoms with Crippen molar-refractivity contribution >= 4 is 28.7 Å². The van der Waals surface area contributed by atoms with Crippen LogP contribution in [0.1, 0.15) is 63.8 Å². The molecule has 0 amide bonds. The molecule has 4 rings (SSSR count). The molecule has 3 atom stereocenters. The summed E-state index contributed by atoms with van der Waals surface area (Å²) in [7, 11) is 0. The smallest absolute Gasteiger partial charge is 0.311 e. The monoisotopic (exact) mass is 549 g/mol. The number of nitrogens with one attached hydrogen (secondary N) is 1. The molecule has 0 aromatic heterocycles. The molecule has 0 radical (unpaired) electrons. The number of fused-ring (bicyclic) bond motifs is 2. The number of hydrogen-bond donors (Lipinski definition) is 1. The first-order valence-electron chi connectivity index (χ1n) is 13.7. The molecule has 0 spiro atoms. The standard InChI is InChI=1S/C31H39N3O6/c1-18(2)12-13-38-27-16-23-28(21-8-10-22(11-9-21)34(36)37)32-24-14-19(3)20(4)15-25(24)33-29(23)26(40-27)17-39-30(35)31(5,6)7/h8-11,14-16,18,26-28,32H,12-13,17H2,1-7H3/t26-,27+,28-/m1/s1. The number of benzene rings is 2. The Labute approximate surface area is 235 Å². The van der Waals surface area contributed by atoms with Gasteiger partial charge in [-0.3, -0.25) is 14.9 Å². The molecule has 40 heavy (non-hydrogen) atoms. The van der Waals surface area contributed by atoms with Gasteiger partial charge < -0.3 is 19.5 Å². The molecule has 2 aromatic rings. The van der Waals surface area contributed by atoms with Crippen molar-refractivity contribution in [1.82, 2.24) is 0 Å². The van der Waals surface area contributed by atoms with Crippen LogP contribution >= 0.6 is 0 Å². The van der Waals surface area contributed by atoms with Crippen LogP contribution in [0.3, 0.4) is 0 Å². The highest BCUT2D eigenvalue weighted by molar-refractivity contribution is 6.08. The van der Waals surface area contributed by atoms with Crippen molar-refractivity contribution in [3.05, 3.63) is 74.9 Å². The van der Waals surface area contributed by atoms with Gasteiger partial charge in [-0.1, -0.05) is 13.8 Å². The molecule has 2 aliphatic rings. The van der Waals surface area contributed by atoms with Crippen molar-refractivity contribution in [3.8, 4) is 0 Å². The summed E-state index contributed by atoms with van der Waals surface area (Å²) in [5, 5.41) is 14.9. The predicted molar refractivity (Wildman–Crippen MR) is 155 cm³/mol. The third kappa shape index (κ3) is 6.77. The van der Waals surface area contributed by atoms with Crippen LogP contribution in [-0.2, 0) is 19.0 Å². The summed E-state index contributed by atoms with van der Waals surface area (Å²) >= 11 is 0.